The second-order valence-corrected chi connectivity index (χ2v) is 4.99. The Labute approximate surface area is 101 Å². The van der Waals surface area contributed by atoms with Gasteiger partial charge in [0, 0.05) is 6.54 Å². The van der Waals surface area contributed by atoms with E-state index in [0.717, 1.165) is 12.0 Å². The van der Waals surface area contributed by atoms with Gasteiger partial charge in [-0.2, -0.15) is 0 Å². The molecule has 1 aliphatic heterocycles. The highest BCUT2D eigenvalue weighted by Crippen LogP contribution is 2.24. The van der Waals surface area contributed by atoms with E-state index in [1.54, 1.807) is 12.1 Å². The highest BCUT2D eigenvalue weighted by Gasteiger charge is 2.34. The average Bonchev–Trinajstić information content (AvgIpc) is 2.49. The van der Waals surface area contributed by atoms with Crippen molar-refractivity contribution in [3.05, 3.63) is 34.9 Å². The maximum atomic E-state index is 12.1. The van der Waals surface area contributed by atoms with E-state index in [4.69, 9.17) is 0 Å². The molecular formula is C14H17NO2. The number of hydrogen-bond acceptors (Lipinski definition) is 2. The topological polar surface area (TPSA) is 37.4 Å². The molecule has 3 heteroatoms. The standard InChI is InChI=1S/C14H17NO2/c1-9(2)6-7-15-13(16)11-5-4-10(3)8-12(11)14(15)17/h4-5,8-9H,6-7H2,1-3H3. The molecule has 3 nitrogen and oxygen atoms in total. The van der Waals surface area contributed by atoms with E-state index in [0.29, 0.717) is 23.6 Å². The maximum Gasteiger partial charge on any atom is 0.261 e. The van der Waals surface area contributed by atoms with Crippen LogP contribution in [-0.4, -0.2) is 23.3 Å². The first kappa shape index (κ1) is 11.8. The average molecular weight is 231 g/mol. The Bertz CT molecular complexity index is 477. The monoisotopic (exact) mass is 231 g/mol. The lowest BCUT2D eigenvalue weighted by Gasteiger charge is -2.14. The molecule has 2 rings (SSSR count). The predicted octanol–water partition coefficient (Wildman–Crippen LogP) is 2.64. The number of carbonyl (C=O) groups excluding carboxylic acids is 2. The van der Waals surface area contributed by atoms with Crippen molar-refractivity contribution in [1.29, 1.82) is 0 Å². The molecule has 0 saturated heterocycles. The van der Waals surface area contributed by atoms with Crippen LogP contribution < -0.4 is 0 Å². The molecule has 0 bridgehead atoms. The molecule has 1 aromatic rings. The number of fused-ring (bicyclic) bond motifs is 1. The van der Waals surface area contributed by atoms with Gasteiger partial charge in [-0.15, -0.1) is 0 Å². The minimum atomic E-state index is -0.148. The zero-order valence-electron chi connectivity index (χ0n) is 10.5. The molecule has 0 radical (unpaired) electrons. The molecule has 17 heavy (non-hydrogen) atoms. The lowest BCUT2D eigenvalue weighted by Crippen LogP contribution is -2.31. The van der Waals surface area contributed by atoms with Gasteiger partial charge in [-0.25, -0.2) is 0 Å². The van der Waals surface area contributed by atoms with Gasteiger partial charge in [0.2, 0.25) is 0 Å². The van der Waals surface area contributed by atoms with Gasteiger partial charge in [-0.3, -0.25) is 14.5 Å². The molecule has 0 atom stereocenters. The Balaban J connectivity index is 2.26. The minimum Gasteiger partial charge on any atom is -0.274 e. The smallest absolute Gasteiger partial charge is 0.261 e. The molecule has 1 heterocycles. The van der Waals surface area contributed by atoms with Crippen LogP contribution >= 0.6 is 0 Å². The van der Waals surface area contributed by atoms with Crippen LogP contribution in [0.5, 0.6) is 0 Å². The molecule has 0 N–H and O–H groups in total. The van der Waals surface area contributed by atoms with E-state index in [-0.39, 0.29) is 11.8 Å². The summed E-state index contributed by atoms with van der Waals surface area (Å²) >= 11 is 0. The number of rotatable bonds is 3. The first-order valence-electron chi connectivity index (χ1n) is 5.97. The van der Waals surface area contributed by atoms with Crippen LogP contribution in [-0.2, 0) is 0 Å². The molecule has 1 aromatic carbocycles. The van der Waals surface area contributed by atoms with Gasteiger partial charge in [-0.05, 0) is 31.4 Å². The van der Waals surface area contributed by atoms with Crippen molar-refractivity contribution in [2.24, 2.45) is 5.92 Å². The van der Waals surface area contributed by atoms with Crippen molar-refractivity contribution >= 4 is 11.8 Å². The van der Waals surface area contributed by atoms with Crippen LogP contribution in [0.15, 0.2) is 18.2 Å². The van der Waals surface area contributed by atoms with E-state index >= 15 is 0 Å². The zero-order chi connectivity index (χ0) is 12.6. The summed E-state index contributed by atoms with van der Waals surface area (Å²) in [7, 11) is 0. The molecule has 0 unspecified atom stereocenters. The third kappa shape index (κ3) is 2.09. The minimum absolute atomic E-state index is 0.144. The van der Waals surface area contributed by atoms with Crippen LogP contribution in [0.25, 0.3) is 0 Å². The van der Waals surface area contributed by atoms with Gasteiger partial charge in [0.25, 0.3) is 11.8 Å². The third-order valence-corrected chi connectivity index (χ3v) is 3.06. The zero-order valence-corrected chi connectivity index (χ0v) is 10.5. The quantitative estimate of drug-likeness (QED) is 0.750. The molecular weight excluding hydrogens is 214 g/mol. The molecule has 0 spiro atoms. The van der Waals surface area contributed by atoms with Crippen molar-refractivity contribution in [3.63, 3.8) is 0 Å². The normalized spacial score (nSPS) is 14.7. The predicted molar refractivity (Wildman–Crippen MR) is 66.0 cm³/mol. The van der Waals surface area contributed by atoms with Crippen LogP contribution in [0.3, 0.4) is 0 Å². The highest BCUT2D eigenvalue weighted by molar-refractivity contribution is 6.21. The summed E-state index contributed by atoms with van der Waals surface area (Å²) in [6.07, 6.45) is 0.852. The Morgan fingerprint density at radius 2 is 1.76 bits per heavy atom. The van der Waals surface area contributed by atoms with Crippen LogP contribution in [0.1, 0.15) is 46.5 Å². The number of hydrogen-bond donors (Lipinski definition) is 0. The summed E-state index contributed by atoms with van der Waals surface area (Å²) in [5.74, 6) is 0.195. The molecule has 0 aromatic heterocycles. The summed E-state index contributed by atoms with van der Waals surface area (Å²) < 4.78 is 0. The van der Waals surface area contributed by atoms with Gasteiger partial charge >= 0.3 is 0 Å². The summed E-state index contributed by atoms with van der Waals surface area (Å²) in [4.78, 5) is 25.5. The van der Waals surface area contributed by atoms with E-state index in [9.17, 15) is 9.59 Å². The van der Waals surface area contributed by atoms with Crippen molar-refractivity contribution in [1.82, 2.24) is 4.90 Å². The van der Waals surface area contributed by atoms with E-state index < -0.39 is 0 Å². The molecule has 1 aliphatic rings. The fraction of sp³-hybridized carbons (Fsp3) is 0.429. The summed E-state index contributed by atoms with van der Waals surface area (Å²) in [6.45, 7) is 6.61. The number of imide groups is 1. The fourth-order valence-electron chi connectivity index (χ4n) is 1.99. The number of carbonyl (C=O) groups is 2. The largest absolute Gasteiger partial charge is 0.274 e. The Hall–Kier alpha value is -1.64. The molecule has 0 fully saturated rings. The van der Waals surface area contributed by atoms with Gasteiger partial charge in [0.05, 0.1) is 11.1 Å². The SMILES string of the molecule is Cc1ccc2c(c1)C(=O)N(CCC(C)C)C2=O. The molecule has 2 amide bonds. The first-order valence-corrected chi connectivity index (χ1v) is 5.97. The Kier molecular flexibility index (Phi) is 3.01. The molecule has 0 saturated carbocycles. The lowest BCUT2D eigenvalue weighted by molar-refractivity contribution is 0.0648. The lowest BCUT2D eigenvalue weighted by atomic mass is 10.1. The number of aryl methyl sites for hydroxylation is 1. The van der Waals surface area contributed by atoms with E-state index in [2.05, 4.69) is 13.8 Å². The maximum absolute atomic E-state index is 12.1. The van der Waals surface area contributed by atoms with Crippen LogP contribution in [0, 0.1) is 12.8 Å². The summed E-state index contributed by atoms with van der Waals surface area (Å²) in [5.41, 5.74) is 2.11. The number of amides is 2. The Morgan fingerprint density at radius 1 is 1.12 bits per heavy atom. The van der Waals surface area contributed by atoms with Crippen molar-refractivity contribution in [3.8, 4) is 0 Å². The second-order valence-electron chi connectivity index (χ2n) is 4.99. The Morgan fingerprint density at radius 3 is 2.41 bits per heavy atom. The van der Waals surface area contributed by atoms with Gasteiger partial charge in [0.1, 0.15) is 0 Å². The van der Waals surface area contributed by atoms with Gasteiger partial charge in [0.15, 0.2) is 0 Å². The molecule has 90 valence electrons. The first-order chi connectivity index (χ1) is 8.00. The highest BCUT2D eigenvalue weighted by atomic mass is 16.2. The van der Waals surface area contributed by atoms with E-state index in [1.165, 1.54) is 4.90 Å². The summed E-state index contributed by atoms with van der Waals surface area (Å²) in [6, 6.07) is 5.42. The van der Waals surface area contributed by atoms with Gasteiger partial charge < -0.3 is 0 Å². The third-order valence-electron chi connectivity index (χ3n) is 3.06. The van der Waals surface area contributed by atoms with Crippen LogP contribution in [0.4, 0.5) is 0 Å². The summed E-state index contributed by atoms with van der Waals surface area (Å²) in [5, 5.41) is 0. The fourth-order valence-corrected chi connectivity index (χ4v) is 1.99. The van der Waals surface area contributed by atoms with Crippen LogP contribution in [0.2, 0.25) is 0 Å². The van der Waals surface area contributed by atoms with Crippen molar-refractivity contribution < 1.29 is 9.59 Å². The molecule has 0 aliphatic carbocycles. The van der Waals surface area contributed by atoms with Crippen molar-refractivity contribution in [2.45, 2.75) is 27.2 Å². The van der Waals surface area contributed by atoms with Gasteiger partial charge in [-0.1, -0.05) is 25.5 Å². The second kappa shape index (κ2) is 4.32. The van der Waals surface area contributed by atoms with E-state index in [1.807, 2.05) is 13.0 Å². The number of benzene rings is 1. The number of nitrogens with zero attached hydrogens (tertiary/aromatic N) is 1. The van der Waals surface area contributed by atoms with Crippen molar-refractivity contribution in [2.75, 3.05) is 6.54 Å².